The molecule has 7 nitrogen and oxygen atoms in total. The Morgan fingerprint density at radius 2 is 2.00 bits per heavy atom. The lowest BCUT2D eigenvalue weighted by Gasteiger charge is -2.09. The van der Waals surface area contributed by atoms with Crippen LogP contribution in [0.3, 0.4) is 0 Å². The first-order chi connectivity index (χ1) is 11.6. The summed E-state index contributed by atoms with van der Waals surface area (Å²) >= 11 is 0. The first-order valence-electron chi connectivity index (χ1n) is 7.75. The van der Waals surface area contributed by atoms with Crippen LogP contribution in [-0.2, 0) is 18.4 Å². The predicted molar refractivity (Wildman–Crippen MR) is 92.6 cm³/mol. The second kappa shape index (κ2) is 6.66. The van der Waals surface area contributed by atoms with Gasteiger partial charge in [0, 0.05) is 30.2 Å². The maximum atomic E-state index is 12.1. The smallest absolute Gasteiger partial charge is 0.239 e. The van der Waals surface area contributed by atoms with Crippen LogP contribution in [0.15, 0.2) is 30.6 Å². The number of anilines is 1. The molecule has 0 bridgehead atoms. The fraction of sp³-hybridized carbons (Fsp3) is 0.294. The lowest BCUT2D eigenvalue weighted by Crippen LogP contribution is -2.30. The summed E-state index contributed by atoms with van der Waals surface area (Å²) < 4.78 is 1.82. The summed E-state index contributed by atoms with van der Waals surface area (Å²) in [7, 11) is 1.90. The molecule has 0 saturated carbocycles. The number of carbonyl (C=O) groups excluding carboxylic acids is 1. The lowest BCUT2D eigenvalue weighted by molar-refractivity contribution is -0.119. The topological polar surface area (TPSA) is 84.7 Å². The third kappa shape index (κ3) is 3.19. The fourth-order valence-corrected chi connectivity index (χ4v) is 2.63. The number of aromatic nitrogens is 4. The minimum atomic E-state index is -0.0969. The van der Waals surface area contributed by atoms with Crippen LogP contribution in [0.1, 0.15) is 17.0 Å². The molecule has 124 valence electrons. The van der Waals surface area contributed by atoms with Crippen molar-refractivity contribution in [3.05, 3.63) is 47.5 Å². The third-order valence-corrected chi connectivity index (χ3v) is 4.08. The molecule has 0 fully saturated rings. The molecule has 0 aliphatic carbocycles. The van der Waals surface area contributed by atoms with E-state index in [1.807, 2.05) is 49.8 Å². The minimum absolute atomic E-state index is 0.0969. The normalized spacial score (nSPS) is 10.8. The third-order valence-electron chi connectivity index (χ3n) is 4.08. The first-order valence-corrected chi connectivity index (χ1v) is 7.75. The van der Waals surface area contributed by atoms with E-state index in [0.717, 1.165) is 27.9 Å². The van der Waals surface area contributed by atoms with E-state index < -0.39 is 0 Å². The summed E-state index contributed by atoms with van der Waals surface area (Å²) in [5.41, 5.74) is 3.89. The standard InChI is InChI=1S/C17H20N6O/c1-11-14(12(2)23(3)22-11)8-18-16(24)9-19-17-13-6-4-5-7-15(13)20-10-21-17/h4-7,10H,8-9H2,1-3H3,(H,18,24)(H,19,20,21). The van der Waals surface area contributed by atoms with E-state index >= 15 is 0 Å². The number of hydrogen-bond acceptors (Lipinski definition) is 5. The van der Waals surface area contributed by atoms with Crippen molar-refractivity contribution in [2.24, 2.45) is 7.05 Å². The highest BCUT2D eigenvalue weighted by Gasteiger charge is 2.11. The Hall–Kier alpha value is -2.96. The van der Waals surface area contributed by atoms with Crippen molar-refractivity contribution in [2.75, 3.05) is 11.9 Å². The number of para-hydroxylation sites is 1. The Bertz CT molecular complexity index is 881. The van der Waals surface area contributed by atoms with Gasteiger partial charge in [-0.1, -0.05) is 12.1 Å². The Kier molecular flexibility index (Phi) is 4.41. The fourth-order valence-electron chi connectivity index (χ4n) is 2.63. The van der Waals surface area contributed by atoms with E-state index in [2.05, 4.69) is 25.7 Å². The van der Waals surface area contributed by atoms with Crippen molar-refractivity contribution in [3.63, 3.8) is 0 Å². The molecule has 0 aliphatic heterocycles. The Morgan fingerprint density at radius 3 is 2.75 bits per heavy atom. The number of rotatable bonds is 5. The van der Waals surface area contributed by atoms with Gasteiger partial charge in [0.2, 0.25) is 5.91 Å². The number of fused-ring (bicyclic) bond motifs is 1. The molecule has 0 spiro atoms. The number of nitrogens with one attached hydrogen (secondary N) is 2. The number of carbonyl (C=O) groups is 1. The van der Waals surface area contributed by atoms with Gasteiger partial charge in [-0.3, -0.25) is 9.48 Å². The van der Waals surface area contributed by atoms with Gasteiger partial charge in [0.25, 0.3) is 0 Å². The second-order valence-corrected chi connectivity index (χ2v) is 5.64. The van der Waals surface area contributed by atoms with Crippen molar-refractivity contribution >= 4 is 22.6 Å². The van der Waals surface area contributed by atoms with Gasteiger partial charge >= 0.3 is 0 Å². The average Bonchev–Trinajstić information content (AvgIpc) is 2.83. The van der Waals surface area contributed by atoms with Crippen LogP contribution in [0, 0.1) is 13.8 Å². The molecule has 1 amide bonds. The minimum Gasteiger partial charge on any atom is -0.360 e. The highest BCUT2D eigenvalue weighted by atomic mass is 16.1. The highest BCUT2D eigenvalue weighted by Crippen LogP contribution is 2.17. The monoisotopic (exact) mass is 324 g/mol. The summed E-state index contributed by atoms with van der Waals surface area (Å²) in [4.78, 5) is 20.5. The Balaban J connectivity index is 1.61. The van der Waals surface area contributed by atoms with Crippen molar-refractivity contribution in [1.29, 1.82) is 0 Å². The Labute approximate surface area is 140 Å². The van der Waals surface area contributed by atoms with Gasteiger partial charge in [-0.25, -0.2) is 9.97 Å². The van der Waals surface area contributed by atoms with Crippen LogP contribution < -0.4 is 10.6 Å². The summed E-state index contributed by atoms with van der Waals surface area (Å²) in [5, 5.41) is 11.2. The van der Waals surface area contributed by atoms with Gasteiger partial charge in [-0.15, -0.1) is 0 Å². The molecule has 0 radical (unpaired) electrons. The lowest BCUT2D eigenvalue weighted by atomic mass is 10.2. The van der Waals surface area contributed by atoms with Gasteiger partial charge in [0.05, 0.1) is 17.8 Å². The molecule has 3 rings (SSSR count). The zero-order chi connectivity index (χ0) is 17.1. The largest absolute Gasteiger partial charge is 0.360 e. The molecular formula is C17H20N6O. The van der Waals surface area contributed by atoms with E-state index in [9.17, 15) is 4.79 Å². The highest BCUT2D eigenvalue weighted by molar-refractivity contribution is 5.90. The van der Waals surface area contributed by atoms with Crippen LogP contribution in [0.25, 0.3) is 10.9 Å². The quantitative estimate of drug-likeness (QED) is 0.746. The van der Waals surface area contributed by atoms with Crippen molar-refractivity contribution in [1.82, 2.24) is 25.1 Å². The molecule has 0 saturated heterocycles. The van der Waals surface area contributed by atoms with E-state index in [4.69, 9.17) is 0 Å². The van der Waals surface area contributed by atoms with Crippen molar-refractivity contribution in [2.45, 2.75) is 20.4 Å². The average molecular weight is 324 g/mol. The van der Waals surface area contributed by atoms with E-state index in [1.165, 1.54) is 6.33 Å². The number of hydrogen-bond donors (Lipinski definition) is 2. The number of benzene rings is 1. The van der Waals surface area contributed by atoms with Crippen LogP contribution >= 0.6 is 0 Å². The number of aryl methyl sites for hydroxylation is 2. The molecule has 0 unspecified atom stereocenters. The molecule has 1 aromatic carbocycles. The molecule has 0 atom stereocenters. The van der Waals surface area contributed by atoms with Gasteiger partial charge in [-0.05, 0) is 26.0 Å². The zero-order valence-corrected chi connectivity index (χ0v) is 14.0. The summed E-state index contributed by atoms with van der Waals surface area (Å²) in [6.07, 6.45) is 1.49. The molecule has 7 heteroatoms. The zero-order valence-electron chi connectivity index (χ0n) is 14.0. The molecule has 2 aromatic heterocycles. The number of nitrogens with zero attached hydrogens (tertiary/aromatic N) is 4. The van der Waals surface area contributed by atoms with Crippen molar-refractivity contribution < 1.29 is 4.79 Å². The maximum absolute atomic E-state index is 12.1. The first kappa shape index (κ1) is 15.9. The summed E-state index contributed by atoms with van der Waals surface area (Å²) in [5.74, 6) is 0.560. The predicted octanol–water partition coefficient (Wildman–Crippen LogP) is 1.71. The molecule has 0 aliphatic rings. The molecule has 2 heterocycles. The number of amides is 1. The van der Waals surface area contributed by atoms with Crippen LogP contribution in [0.2, 0.25) is 0 Å². The van der Waals surface area contributed by atoms with Crippen LogP contribution in [0.5, 0.6) is 0 Å². The van der Waals surface area contributed by atoms with Gasteiger partial charge in [-0.2, -0.15) is 5.10 Å². The maximum Gasteiger partial charge on any atom is 0.239 e. The molecule has 3 aromatic rings. The van der Waals surface area contributed by atoms with E-state index in [0.29, 0.717) is 12.4 Å². The van der Waals surface area contributed by atoms with Crippen molar-refractivity contribution in [3.8, 4) is 0 Å². The molecular weight excluding hydrogens is 304 g/mol. The van der Waals surface area contributed by atoms with Crippen LogP contribution in [0.4, 0.5) is 5.82 Å². The molecule has 2 N–H and O–H groups in total. The van der Waals surface area contributed by atoms with E-state index in [-0.39, 0.29) is 12.5 Å². The summed E-state index contributed by atoms with van der Waals surface area (Å²) in [6, 6.07) is 7.68. The van der Waals surface area contributed by atoms with Gasteiger partial charge < -0.3 is 10.6 Å². The van der Waals surface area contributed by atoms with Crippen LogP contribution in [-0.4, -0.2) is 32.2 Å². The SMILES string of the molecule is Cc1nn(C)c(C)c1CNC(=O)CNc1ncnc2ccccc12. The van der Waals surface area contributed by atoms with Gasteiger partial charge in [0.1, 0.15) is 12.1 Å². The van der Waals surface area contributed by atoms with E-state index in [1.54, 1.807) is 0 Å². The Morgan fingerprint density at radius 1 is 1.21 bits per heavy atom. The summed E-state index contributed by atoms with van der Waals surface area (Å²) in [6.45, 7) is 4.56. The molecule has 24 heavy (non-hydrogen) atoms. The second-order valence-electron chi connectivity index (χ2n) is 5.64. The van der Waals surface area contributed by atoms with Gasteiger partial charge in [0.15, 0.2) is 0 Å².